The van der Waals surface area contributed by atoms with Gasteiger partial charge in [0.15, 0.2) is 0 Å². The molecule has 0 bridgehead atoms. The van der Waals surface area contributed by atoms with Gasteiger partial charge in [0.1, 0.15) is 22.8 Å². The first-order valence-electron chi connectivity index (χ1n) is 5.60. The van der Waals surface area contributed by atoms with Crippen molar-refractivity contribution in [2.24, 2.45) is 0 Å². The molecule has 1 amide bonds. The van der Waals surface area contributed by atoms with E-state index in [9.17, 15) is 9.18 Å². The Morgan fingerprint density at radius 3 is 2.89 bits per heavy atom. The molecule has 0 saturated carbocycles. The number of aromatic nitrogens is 3. The molecule has 0 aliphatic carbocycles. The highest BCUT2D eigenvalue weighted by atomic mass is 19.1. The first kappa shape index (κ1) is 11.3. The second kappa shape index (κ2) is 4.49. The van der Waals surface area contributed by atoms with Crippen molar-refractivity contribution in [3.63, 3.8) is 0 Å². The van der Waals surface area contributed by atoms with Crippen LogP contribution in [0.2, 0.25) is 0 Å². The van der Waals surface area contributed by atoms with Crippen LogP contribution in [-0.2, 0) is 0 Å². The summed E-state index contributed by atoms with van der Waals surface area (Å²) in [7, 11) is 0. The summed E-state index contributed by atoms with van der Waals surface area (Å²) < 4.78 is 13.6. The molecule has 0 spiro atoms. The molecule has 94 valence electrons. The van der Waals surface area contributed by atoms with E-state index in [-0.39, 0.29) is 11.2 Å². The lowest BCUT2D eigenvalue weighted by molar-refractivity contribution is 0.102. The number of H-pyrrole nitrogens is 1. The molecule has 3 rings (SSSR count). The van der Waals surface area contributed by atoms with Crippen LogP contribution in [0.4, 0.5) is 10.2 Å². The lowest BCUT2D eigenvalue weighted by atomic mass is 10.2. The van der Waals surface area contributed by atoms with E-state index in [2.05, 4.69) is 20.5 Å². The highest BCUT2D eigenvalue weighted by Gasteiger charge is 2.10. The van der Waals surface area contributed by atoms with Crippen molar-refractivity contribution in [3.05, 3.63) is 54.1 Å². The van der Waals surface area contributed by atoms with Crippen molar-refractivity contribution >= 4 is 22.6 Å². The van der Waals surface area contributed by atoms with Crippen LogP contribution in [0.15, 0.2) is 42.6 Å². The Labute approximate surface area is 107 Å². The number of benzene rings is 1. The minimum atomic E-state index is -0.450. The normalized spacial score (nSPS) is 10.6. The smallest absolute Gasteiger partial charge is 0.275 e. The van der Waals surface area contributed by atoms with Gasteiger partial charge in [-0.25, -0.2) is 9.37 Å². The predicted octanol–water partition coefficient (Wildman–Crippen LogP) is 2.35. The van der Waals surface area contributed by atoms with Crippen LogP contribution >= 0.6 is 0 Å². The van der Waals surface area contributed by atoms with Gasteiger partial charge < -0.3 is 5.32 Å². The van der Waals surface area contributed by atoms with Crippen molar-refractivity contribution in [1.82, 2.24) is 15.2 Å². The first-order chi connectivity index (χ1) is 9.24. The van der Waals surface area contributed by atoms with Gasteiger partial charge >= 0.3 is 0 Å². The summed E-state index contributed by atoms with van der Waals surface area (Å²) in [4.78, 5) is 16.0. The summed E-state index contributed by atoms with van der Waals surface area (Å²) in [5.74, 6) is -0.413. The summed E-state index contributed by atoms with van der Waals surface area (Å²) in [5, 5.41) is 9.55. The molecule has 0 radical (unpaired) electrons. The largest absolute Gasteiger partial charge is 0.306 e. The Morgan fingerprint density at radius 1 is 1.21 bits per heavy atom. The van der Waals surface area contributed by atoms with E-state index in [0.717, 1.165) is 0 Å². The summed E-state index contributed by atoms with van der Waals surface area (Å²) >= 11 is 0. The lowest BCUT2D eigenvalue weighted by Crippen LogP contribution is -2.14. The Hall–Kier alpha value is -2.76. The molecule has 2 heterocycles. The number of halogens is 1. The maximum atomic E-state index is 13.6. The van der Waals surface area contributed by atoms with E-state index in [1.807, 2.05) is 0 Å². The van der Waals surface area contributed by atoms with Crippen molar-refractivity contribution < 1.29 is 9.18 Å². The third kappa shape index (κ3) is 2.15. The highest BCUT2D eigenvalue weighted by molar-refractivity contribution is 6.03. The van der Waals surface area contributed by atoms with Gasteiger partial charge in [-0.2, -0.15) is 5.10 Å². The molecule has 5 nitrogen and oxygen atoms in total. The zero-order valence-electron chi connectivity index (χ0n) is 9.72. The Bertz CT molecular complexity index is 739. The molecule has 0 unspecified atom stereocenters. The first-order valence-corrected chi connectivity index (χ1v) is 5.60. The summed E-state index contributed by atoms with van der Waals surface area (Å²) in [6.07, 6.45) is 1.52. The second-order valence-corrected chi connectivity index (χ2v) is 3.93. The number of carbonyl (C=O) groups excluding carboxylic acids is 1. The monoisotopic (exact) mass is 256 g/mol. The van der Waals surface area contributed by atoms with Crippen LogP contribution in [0, 0.1) is 5.82 Å². The van der Waals surface area contributed by atoms with Gasteiger partial charge in [0.05, 0.1) is 6.20 Å². The number of para-hydroxylation sites is 1. The molecule has 0 atom stereocenters. The number of fused-ring (bicyclic) bond motifs is 1. The molecule has 6 heteroatoms. The van der Waals surface area contributed by atoms with Crippen LogP contribution in [0.1, 0.15) is 10.5 Å². The molecular weight excluding hydrogens is 247 g/mol. The van der Waals surface area contributed by atoms with Crippen molar-refractivity contribution in [1.29, 1.82) is 0 Å². The standard InChI is InChI=1S/C13H9FN4O/c14-9-3-1-2-8-4-5-10(16-12(8)9)13(19)17-11-6-7-15-18-11/h1-7H,(H2,15,17,18,19). The zero-order valence-corrected chi connectivity index (χ0v) is 9.72. The molecule has 0 aliphatic heterocycles. The van der Waals surface area contributed by atoms with Gasteiger partial charge in [-0.05, 0) is 12.1 Å². The van der Waals surface area contributed by atoms with Gasteiger partial charge in [-0.15, -0.1) is 0 Å². The maximum absolute atomic E-state index is 13.6. The molecule has 0 fully saturated rings. The van der Waals surface area contributed by atoms with Gasteiger partial charge in [-0.3, -0.25) is 9.89 Å². The van der Waals surface area contributed by atoms with Crippen molar-refractivity contribution in [2.75, 3.05) is 5.32 Å². The quantitative estimate of drug-likeness (QED) is 0.739. The van der Waals surface area contributed by atoms with Crippen molar-refractivity contribution in [2.45, 2.75) is 0 Å². The number of pyridine rings is 1. The van der Waals surface area contributed by atoms with Crippen LogP contribution < -0.4 is 5.32 Å². The Kier molecular flexibility index (Phi) is 2.68. The van der Waals surface area contributed by atoms with Gasteiger partial charge in [0.25, 0.3) is 5.91 Å². The number of rotatable bonds is 2. The third-order valence-electron chi connectivity index (χ3n) is 2.65. The molecule has 3 aromatic rings. The van der Waals surface area contributed by atoms with Gasteiger partial charge in [-0.1, -0.05) is 18.2 Å². The SMILES string of the molecule is O=C(Nc1ccn[nH]1)c1ccc2cccc(F)c2n1. The second-order valence-electron chi connectivity index (χ2n) is 3.93. The summed E-state index contributed by atoms with van der Waals surface area (Å²) in [6.45, 7) is 0. The lowest BCUT2D eigenvalue weighted by Gasteiger charge is -2.04. The van der Waals surface area contributed by atoms with Crippen LogP contribution in [0.5, 0.6) is 0 Å². The third-order valence-corrected chi connectivity index (χ3v) is 2.65. The van der Waals surface area contributed by atoms with Gasteiger partial charge in [0.2, 0.25) is 0 Å². The Morgan fingerprint density at radius 2 is 2.11 bits per heavy atom. The van der Waals surface area contributed by atoms with E-state index < -0.39 is 11.7 Å². The fourth-order valence-electron chi connectivity index (χ4n) is 1.75. The fraction of sp³-hybridized carbons (Fsp3) is 0. The summed E-state index contributed by atoms with van der Waals surface area (Å²) in [6, 6.07) is 9.47. The number of aromatic amines is 1. The number of anilines is 1. The number of amides is 1. The molecule has 19 heavy (non-hydrogen) atoms. The van der Waals surface area contributed by atoms with Crippen LogP contribution in [0.3, 0.4) is 0 Å². The molecule has 1 aromatic carbocycles. The topological polar surface area (TPSA) is 70.7 Å². The molecule has 0 aliphatic rings. The van der Waals surface area contributed by atoms with E-state index >= 15 is 0 Å². The zero-order chi connectivity index (χ0) is 13.2. The van der Waals surface area contributed by atoms with Crippen molar-refractivity contribution in [3.8, 4) is 0 Å². The van der Waals surface area contributed by atoms with E-state index in [1.165, 1.54) is 12.3 Å². The highest BCUT2D eigenvalue weighted by Crippen LogP contribution is 2.16. The average Bonchev–Trinajstić information content (AvgIpc) is 2.92. The minimum Gasteiger partial charge on any atom is -0.306 e. The fourth-order valence-corrected chi connectivity index (χ4v) is 1.75. The number of hydrogen-bond donors (Lipinski definition) is 2. The number of nitrogens with one attached hydrogen (secondary N) is 2. The Balaban J connectivity index is 1.97. The number of nitrogens with zero attached hydrogens (tertiary/aromatic N) is 2. The molecule has 0 saturated heterocycles. The van der Waals surface area contributed by atoms with E-state index in [4.69, 9.17) is 0 Å². The number of carbonyl (C=O) groups is 1. The number of hydrogen-bond acceptors (Lipinski definition) is 3. The molecule has 2 N–H and O–H groups in total. The predicted molar refractivity (Wildman–Crippen MR) is 68.2 cm³/mol. The van der Waals surface area contributed by atoms with E-state index in [0.29, 0.717) is 11.2 Å². The maximum Gasteiger partial charge on any atom is 0.275 e. The summed E-state index contributed by atoms with van der Waals surface area (Å²) in [5.41, 5.74) is 0.326. The van der Waals surface area contributed by atoms with Crippen LogP contribution in [-0.4, -0.2) is 21.1 Å². The van der Waals surface area contributed by atoms with Gasteiger partial charge in [0, 0.05) is 11.5 Å². The molecular formula is C13H9FN4O. The van der Waals surface area contributed by atoms with Crippen LogP contribution in [0.25, 0.3) is 10.9 Å². The average molecular weight is 256 g/mol. The minimum absolute atomic E-state index is 0.146. The van der Waals surface area contributed by atoms with E-state index in [1.54, 1.807) is 30.3 Å². The molecule has 2 aromatic heterocycles.